The van der Waals surface area contributed by atoms with Gasteiger partial charge in [-0.15, -0.1) is 0 Å². The van der Waals surface area contributed by atoms with Gasteiger partial charge in [0.05, 0.1) is 31.9 Å². The minimum absolute atomic E-state index is 0.00350. The van der Waals surface area contributed by atoms with E-state index in [-0.39, 0.29) is 18.1 Å². The quantitative estimate of drug-likeness (QED) is 0.476. The Morgan fingerprint density at radius 1 is 1.00 bits per heavy atom. The third-order valence-corrected chi connectivity index (χ3v) is 9.09. The summed E-state index contributed by atoms with van der Waals surface area (Å²) in [4.78, 5) is 15.5. The molecule has 2 unspecified atom stereocenters. The molecule has 0 spiro atoms. The van der Waals surface area contributed by atoms with E-state index < -0.39 is 16.4 Å². The third kappa shape index (κ3) is 5.54. The van der Waals surface area contributed by atoms with Gasteiger partial charge >= 0.3 is 10.3 Å². The number of amides is 1. The van der Waals surface area contributed by atoms with Crippen molar-refractivity contribution < 1.29 is 31.6 Å². The molecular weight excluding hydrogens is 508 g/mol. The standard InChI is InChI=1S/C28H36N2O7S/c1-19-6-4-9-24(20-10-11-20)27(19)28(31)29-17-25(34-2)26(18-29)37-23-8-5-7-22(16-23)30(38(32,33)35-3)21-12-14-36-15-13-21/h4-9,16,20-21,25-26H,10-15,17-18H2,1-3H3. The van der Waals surface area contributed by atoms with Gasteiger partial charge in [0.15, 0.2) is 0 Å². The predicted octanol–water partition coefficient (Wildman–Crippen LogP) is 3.67. The maximum atomic E-state index is 13.7. The van der Waals surface area contributed by atoms with Crippen molar-refractivity contribution in [1.29, 1.82) is 0 Å². The first-order valence-corrected chi connectivity index (χ1v) is 14.5. The molecule has 3 aliphatic rings. The zero-order chi connectivity index (χ0) is 26.9. The van der Waals surface area contributed by atoms with Gasteiger partial charge < -0.3 is 19.1 Å². The molecule has 5 rings (SSSR count). The van der Waals surface area contributed by atoms with Crippen molar-refractivity contribution in [1.82, 2.24) is 4.90 Å². The molecule has 2 aromatic rings. The number of hydrogen-bond acceptors (Lipinski definition) is 7. The Bertz CT molecular complexity index is 1260. The van der Waals surface area contributed by atoms with Crippen LogP contribution in [0.25, 0.3) is 0 Å². The van der Waals surface area contributed by atoms with Crippen molar-refractivity contribution in [2.24, 2.45) is 0 Å². The van der Waals surface area contributed by atoms with E-state index in [9.17, 15) is 13.2 Å². The maximum Gasteiger partial charge on any atom is 0.362 e. The van der Waals surface area contributed by atoms with Crippen LogP contribution in [-0.4, -0.2) is 78.0 Å². The first kappa shape index (κ1) is 26.9. The maximum absolute atomic E-state index is 13.7. The van der Waals surface area contributed by atoms with E-state index in [0.717, 1.165) is 29.5 Å². The van der Waals surface area contributed by atoms with E-state index in [1.807, 2.05) is 19.1 Å². The van der Waals surface area contributed by atoms with E-state index in [4.69, 9.17) is 18.4 Å². The first-order chi connectivity index (χ1) is 18.3. The highest BCUT2D eigenvalue weighted by molar-refractivity contribution is 7.88. The van der Waals surface area contributed by atoms with E-state index in [2.05, 4.69) is 6.07 Å². The highest BCUT2D eigenvalue weighted by Gasteiger charge is 2.40. The Kier molecular flexibility index (Phi) is 7.95. The van der Waals surface area contributed by atoms with Gasteiger partial charge in [0, 0.05) is 32.0 Å². The molecule has 10 heteroatoms. The Morgan fingerprint density at radius 3 is 2.39 bits per heavy atom. The summed E-state index contributed by atoms with van der Waals surface area (Å²) in [7, 11) is -1.21. The summed E-state index contributed by atoms with van der Waals surface area (Å²) in [5, 5.41) is 0. The lowest BCUT2D eigenvalue weighted by atomic mass is 9.97. The second kappa shape index (κ2) is 11.2. The van der Waals surface area contributed by atoms with Crippen LogP contribution < -0.4 is 9.04 Å². The Balaban J connectivity index is 1.36. The van der Waals surface area contributed by atoms with Crippen molar-refractivity contribution in [2.75, 3.05) is 44.8 Å². The third-order valence-electron chi connectivity index (χ3n) is 7.67. The fourth-order valence-corrected chi connectivity index (χ4v) is 6.62. The van der Waals surface area contributed by atoms with Gasteiger partial charge in [-0.3, -0.25) is 8.98 Å². The summed E-state index contributed by atoms with van der Waals surface area (Å²) in [5.41, 5.74) is 3.38. The van der Waals surface area contributed by atoms with Gasteiger partial charge in [0.2, 0.25) is 0 Å². The number of anilines is 1. The SMILES string of the molecule is COC1CN(C(=O)c2c(C)cccc2C2CC2)CC1Oc1cccc(N(C2CCOCC2)S(=O)(=O)OC)c1. The van der Waals surface area contributed by atoms with Crippen LogP contribution in [0.1, 0.15) is 53.1 Å². The lowest BCUT2D eigenvalue weighted by Crippen LogP contribution is -2.44. The largest absolute Gasteiger partial charge is 0.486 e. The highest BCUT2D eigenvalue weighted by atomic mass is 32.2. The Morgan fingerprint density at radius 2 is 1.71 bits per heavy atom. The number of benzene rings is 2. The minimum Gasteiger partial charge on any atom is -0.486 e. The Labute approximate surface area is 224 Å². The van der Waals surface area contributed by atoms with E-state index in [1.165, 1.54) is 11.4 Å². The van der Waals surface area contributed by atoms with Crippen LogP contribution in [0.3, 0.4) is 0 Å². The highest BCUT2D eigenvalue weighted by Crippen LogP contribution is 2.43. The average molecular weight is 545 g/mol. The smallest absolute Gasteiger partial charge is 0.362 e. The van der Waals surface area contributed by atoms with Crippen molar-refractivity contribution in [3.63, 3.8) is 0 Å². The molecule has 3 fully saturated rings. The normalized spacial score (nSPS) is 22.4. The van der Waals surface area contributed by atoms with Crippen LogP contribution in [-0.2, 0) is 24.0 Å². The predicted molar refractivity (Wildman–Crippen MR) is 143 cm³/mol. The van der Waals surface area contributed by atoms with Crippen molar-refractivity contribution in [2.45, 2.75) is 56.8 Å². The molecule has 0 aromatic heterocycles. The molecule has 9 nitrogen and oxygen atoms in total. The lowest BCUT2D eigenvalue weighted by Gasteiger charge is -2.34. The fourth-order valence-electron chi connectivity index (χ4n) is 5.52. The van der Waals surface area contributed by atoms with Gasteiger partial charge in [-0.25, -0.2) is 4.31 Å². The van der Waals surface area contributed by atoms with Crippen LogP contribution in [0, 0.1) is 6.92 Å². The van der Waals surface area contributed by atoms with Crippen molar-refractivity contribution in [3.05, 3.63) is 59.2 Å². The van der Waals surface area contributed by atoms with Gasteiger partial charge in [-0.1, -0.05) is 24.3 Å². The number of carbonyl (C=O) groups excluding carboxylic acids is 1. The topological polar surface area (TPSA) is 94.6 Å². The molecule has 1 aliphatic carbocycles. The number of likely N-dealkylation sites (tertiary alicyclic amines) is 1. The van der Waals surface area contributed by atoms with Crippen LogP contribution in [0.2, 0.25) is 0 Å². The molecule has 0 radical (unpaired) electrons. The fraction of sp³-hybridized carbons (Fsp3) is 0.536. The monoisotopic (exact) mass is 544 g/mol. The number of aryl methyl sites for hydroxylation is 1. The molecule has 2 heterocycles. The number of methoxy groups -OCH3 is 1. The summed E-state index contributed by atoms with van der Waals surface area (Å²) < 4.78 is 49.4. The number of ether oxygens (including phenoxy) is 3. The van der Waals surface area contributed by atoms with E-state index >= 15 is 0 Å². The zero-order valence-corrected chi connectivity index (χ0v) is 23.0. The van der Waals surface area contributed by atoms with Crippen LogP contribution in [0.4, 0.5) is 5.69 Å². The lowest BCUT2D eigenvalue weighted by molar-refractivity contribution is 0.0340. The summed E-state index contributed by atoms with van der Waals surface area (Å²) in [6.07, 6.45) is 2.67. The van der Waals surface area contributed by atoms with Gasteiger partial charge in [0.1, 0.15) is 18.0 Å². The van der Waals surface area contributed by atoms with E-state index in [1.54, 1.807) is 36.3 Å². The second-order valence-electron chi connectivity index (χ2n) is 10.2. The van der Waals surface area contributed by atoms with Crippen LogP contribution in [0.5, 0.6) is 5.75 Å². The van der Waals surface area contributed by atoms with Gasteiger partial charge in [-0.05, 0) is 61.8 Å². The minimum atomic E-state index is -3.99. The number of rotatable bonds is 9. The molecule has 0 bridgehead atoms. The molecule has 38 heavy (non-hydrogen) atoms. The molecule has 1 saturated carbocycles. The van der Waals surface area contributed by atoms with E-state index in [0.29, 0.717) is 56.5 Å². The van der Waals surface area contributed by atoms with Crippen LogP contribution >= 0.6 is 0 Å². The number of nitrogens with zero attached hydrogens (tertiary/aromatic N) is 2. The zero-order valence-electron chi connectivity index (χ0n) is 22.2. The van der Waals surface area contributed by atoms with Gasteiger partial charge in [-0.2, -0.15) is 8.42 Å². The molecule has 1 amide bonds. The Hall–Kier alpha value is -2.66. The molecule has 0 N–H and O–H groups in total. The molecule has 2 aliphatic heterocycles. The van der Waals surface area contributed by atoms with Crippen molar-refractivity contribution in [3.8, 4) is 5.75 Å². The molecule has 2 saturated heterocycles. The summed E-state index contributed by atoms with van der Waals surface area (Å²) >= 11 is 0. The second-order valence-corrected chi connectivity index (χ2v) is 11.8. The van der Waals surface area contributed by atoms with Gasteiger partial charge in [0.25, 0.3) is 5.91 Å². The summed E-state index contributed by atoms with van der Waals surface area (Å²) in [6, 6.07) is 12.8. The first-order valence-electron chi connectivity index (χ1n) is 13.2. The summed E-state index contributed by atoms with van der Waals surface area (Å²) in [5.74, 6) is 0.970. The molecule has 2 atom stereocenters. The van der Waals surface area contributed by atoms with Crippen molar-refractivity contribution >= 4 is 21.9 Å². The van der Waals surface area contributed by atoms with Crippen LogP contribution in [0.15, 0.2) is 42.5 Å². The number of hydrogen-bond donors (Lipinski definition) is 0. The average Bonchev–Trinajstić information content (AvgIpc) is 3.69. The summed E-state index contributed by atoms with van der Waals surface area (Å²) in [6.45, 7) is 3.76. The molecular formula is C28H36N2O7S. The molecule has 206 valence electrons. The molecule has 2 aromatic carbocycles. The number of carbonyl (C=O) groups is 1.